The van der Waals surface area contributed by atoms with Gasteiger partial charge in [-0.15, -0.1) is 11.3 Å². The monoisotopic (exact) mass is 361 g/mol. The van der Waals surface area contributed by atoms with E-state index in [0.717, 1.165) is 23.4 Å². The minimum Gasteiger partial charge on any atom is -0.352 e. The van der Waals surface area contributed by atoms with Gasteiger partial charge in [0.1, 0.15) is 5.82 Å². The highest BCUT2D eigenvalue weighted by atomic mass is 32.1. The zero-order valence-corrected chi connectivity index (χ0v) is 14.5. The first-order valence-corrected chi connectivity index (χ1v) is 9.11. The third-order valence-corrected chi connectivity index (χ3v) is 5.00. The third-order valence-electron chi connectivity index (χ3n) is 4.21. The minimum absolute atomic E-state index is 0.0713. The largest absolute Gasteiger partial charge is 0.352 e. The molecule has 3 amide bonds. The number of halogens is 1. The Morgan fingerprint density at radius 2 is 2.04 bits per heavy atom. The lowest BCUT2D eigenvalue weighted by Crippen LogP contribution is -2.46. The normalized spacial score (nSPS) is 17.2. The van der Waals surface area contributed by atoms with Crippen LogP contribution < -0.4 is 10.6 Å². The molecule has 1 fully saturated rings. The average Bonchev–Trinajstić information content (AvgIpc) is 3.14. The number of anilines is 1. The molecule has 7 heteroatoms. The molecular formula is C18H20FN3O2S. The Morgan fingerprint density at radius 3 is 2.76 bits per heavy atom. The fourth-order valence-corrected chi connectivity index (χ4v) is 3.45. The Balaban J connectivity index is 1.50. The van der Waals surface area contributed by atoms with Crippen molar-refractivity contribution in [2.75, 3.05) is 18.4 Å². The van der Waals surface area contributed by atoms with Crippen LogP contribution >= 0.6 is 11.3 Å². The number of rotatable bonds is 4. The molecular weight excluding hydrogens is 341 g/mol. The molecule has 3 rings (SSSR count). The number of nitrogens with one attached hydrogen (secondary N) is 2. The number of likely N-dealkylation sites (tertiary alicyclic amines) is 1. The first-order valence-electron chi connectivity index (χ1n) is 8.23. The van der Waals surface area contributed by atoms with Crippen molar-refractivity contribution < 1.29 is 14.0 Å². The van der Waals surface area contributed by atoms with Crippen molar-refractivity contribution in [3.8, 4) is 0 Å². The van der Waals surface area contributed by atoms with Gasteiger partial charge in [-0.1, -0.05) is 12.1 Å². The van der Waals surface area contributed by atoms with Crippen LogP contribution in [0.4, 0.5) is 14.2 Å². The lowest BCUT2D eigenvalue weighted by Gasteiger charge is -2.31. The molecule has 1 saturated heterocycles. The fourth-order valence-electron chi connectivity index (χ4n) is 2.85. The van der Waals surface area contributed by atoms with Gasteiger partial charge in [-0.3, -0.25) is 10.1 Å². The van der Waals surface area contributed by atoms with Crippen LogP contribution in [0.5, 0.6) is 0 Å². The third kappa shape index (κ3) is 4.79. The summed E-state index contributed by atoms with van der Waals surface area (Å²) in [5.41, 5.74) is 0.845. The number of benzene rings is 1. The van der Waals surface area contributed by atoms with Gasteiger partial charge >= 0.3 is 6.03 Å². The van der Waals surface area contributed by atoms with E-state index in [2.05, 4.69) is 10.6 Å². The zero-order valence-electron chi connectivity index (χ0n) is 13.7. The molecule has 0 spiro atoms. The van der Waals surface area contributed by atoms with Gasteiger partial charge in [-0.25, -0.2) is 9.18 Å². The van der Waals surface area contributed by atoms with Crippen LogP contribution in [-0.2, 0) is 11.3 Å². The summed E-state index contributed by atoms with van der Waals surface area (Å²) in [6.45, 7) is 1.42. The predicted molar refractivity (Wildman–Crippen MR) is 95.9 cm³/mol. The first-order chi connectivity index (χ1) is 12.1. The topological polar surface area (TPSA) is 61.4 Å². The fraction of sp³-hybridized carbons (Fsp3) is 0.333. The molecule has 5 nitrogen and oxygen atoms in total. The van der Waals surface area contributed by atoms with E-state index in [9.17, 15) is 14.0 Å². The number of amides is 3. The Kier molecular flexibility index (Phi) is 5.65. The Labute approximate surface area is 149 Å². The number of nitrogens with zero attached hydrogens (tertiary/aromatic N) is 1. The lowest BCUT2D eigenvalue weighted by molar-refractivity contribution is -0.126. The van der Waals surface area contributed by atoms with E-state index in [4.69, 9.17) is 0 Å². The van der Waals surface area contributed by atoms with Gasteiger partial charge < -0.3 is 10.2 Å². The van der Waals surface area contributed by atoms with Crippen molar-refractivity contribution in [3.63, 3.8) is 0 Å². The number of carbonyl (C=O) groups excluding carboxylic acids is 2. The molecule has 1 unspecified atom stereocenters. The Morgan fingerprint density at radius 1 is 1.24 bits per heavy atom. The summed E-state index contributed by atoms with van der Waals surface area (Å²) in [7, 11) is 0. The van der Waals surface area contributed by atoms with Crippen LogP contribution in [-0.4, -0.2) is 29.9 Å². The molecule has 0 radical (unpaired) electrons. The van der Waals surface area contributed by atoms with Gasteiger partial charge in [0.15, 0.2) is 0 Å². The second kappa shape index (κ2) is 8.11. The number of thiophene rings is 1. The van der Waals surface area contributed by atoms with E-state index in [1.807, 2.05) is 17.5 Å². The summed E-state index contributed by atoms with van der Waals surface area (Å²) >= 11 is 1.46. The maximum atomic E-state index is 12.9. The summed E-state index contributed by atoms with van der Waals surface area (Å²) in [6.07, 6.45) is 1.56. The van der Waals surface area contributed by atoms with Gasteiger partial charge in [0, 0.05) is 19.6 Å². The average molecular weight is 361 g/mol. The van der Waals surface area contributed by atoms with Gasteiger partial charge in [0.2, 0.25) is 5.91 Å². The number of hydrogen-bond donors (Lipinski definition) is 2. The molecule has 1 aliphatic heterocycles. The number of urea groups is 1. The standard InChI is InChI=1S/C18H20FN3O2S/c19-15-7-5-13(6-8-15)11-20-17(23)14-3-1-9-22(12-14)18(24)21-16-4-2-10-25-16/h2,4-8,10,14H,1,3,9,11-12H2,(H,20,23)(H,21,24). The first kappa shape index (κ1) is 17.4. The summed E-state index contributed by atoms with van der Waals surface area (Å²) in [5.74, 6) is -0.587. The Hall–Kier alpha value is -2.41. The van der Waals surface area contributed by atoms with Crippen LogP contribution in [0.1, 0.15) is 18.4 Å². The van der Waals surface area contributed by atoms with E-state index in [0.29, 0.717) is 19.6 Å². The highest BCUT2D eigenvalue weighted by Gasteiger charge is 2.28. The van der Waals surface area contributed by atoms with Crippen molar-refractivity contribution in [1.82, 2.24) is 10.2 Å². The molecule has 0 bridgehead atoms. The van der Waals surface area contributed by atoms with Gasteiger partial charge in [0.05, 0.1) is 10.9 Å². The van der Waals surface area contributed by atoms with Crippen LogP contribution in [0.3, 0.4) is 0 Å². The smallest absolute Gasteiger partial charge is 0.322 e. The highest BCUT2D eigenvalue weighted by molar-refractivity contribution is 7.14. The molecule has 2 N–H and O–H groups in total. The SMILES string of the molecule is O=C(NCc1ccc(F)cc1)C1CCCN(C(=O)Nc2cccs2)C1. The summed E-state index contributed by atoms with van der Waals surface area (Å²) in [6, 6.07) is 9.60. The van der Waals surface area contributed by atoms with Gasteiger partial charge in [-0.05, 0) is 48.1 Å². The van der Waals surface area contributed by atoms with Crippen LogP contribution in [0, 0.1) is 11.7 Å². The van der Waals surface area contributed by atoms with Gasteiger partial charge in [0.25, 0.3) is 0 Å². The van der Waals surface area contributed by atoms with E-state index in [-0.39, 0.29) is 23.7 Å². The zero-order chi connectivity index (χ0) is 17.6. The molecule has 1 aromatic heterocycles. The minimum atomic E-state index is -0.297. The van der Waals surface area contributed by atoms with Crippen molar-refractivity contribution in [3.05, 3.63) is 53.2 Å². The van der Waals surface area contributed by atoms with E-state index < -0.39 is 0 Å². The van der Waals surface area contributed by atoms with Crippen LogP contribution in [0.15, 0.2) is 41.8 Å². The molecule has 2 heterocycles. The summed E-state index contributed by atoms with van der Waals surface area (Å²) in [4.78, 5) is 26.4. The quantitative estimate of drug-likeness (QED) is 0.876. The molecule has 0 aliphatic carbocycles. The van der Waals surface area contributed by atoms with Crippen LogP contribution in [0.2, 0.25) is 0 Å². The van der Waals surface area contributed by atoms with Crippen LogP contribution in [0.25, 0.3) is 0 Å². The molecule has 1 atom stereocenters. The van der Waals surface area contributed by atoms with Crippen molar-refractivity contribution in [2.24, 2.45) is 5.92 Å². The maximum absolute atomic E-state index is 12.9. The second-order valence-electron chi connectivity index (χ2n) is 6.04. The van der Waals surface area contributed by atoms with E-state index in [1.54, 1.807) is 17.0 Å². The van der Waals surface area contributed by atoms with E-state index in [1.165, 1.54) is 23.5 Å². The molecule has 132 valence electrons. The lowest BCUT2D eigenvalue weighted by atomic mass is 9.97. The van der Waals surface area contributed by atoms with Crippen molar-refractivity contribution >= 4 is 28.3 Å². The molecule has 1 aliphatic rings. The summed E-state index contributed by atoms with van der Waals surface area (Å²) in [5, 5.41) is 8.43. The second-order valence-corrected chi connectivity index (χ2v) is 6.98. The van der Waals surface area contributed by atoms with Crippen molar-refractivity contribution in [2.45, 2.75) is 19.4 Å². The molecule has 0 saturated carbocycles. The molecule has 25 heavy (non-hydrogen) atoms. The molecule has 1 aromatic carbocycles. The number of hydrogen-bond acceptors (Lipinski definition) is 3. The number of piperidine rings is 1. The maximum Gasteiger partial charge on any atom is 0.322 e. The number of carbonyl (C=O) groups is 2. The highest BCUT2D eigenvalue weighted by Crippen LogP contribution is 2.20. The Bertz CT molecular complexity index is 718. The van der Waals surface area contributed by atoms with Crippen molar-refractivity contribution in [1.29, 1.82) is 0 Å². The molecule has 2 aromatic rings. The van der Waals surface area contributed by atoms with Gasteiger partial charge in [-0.2, -0.15) is 0 Å². The summed E-state index contributed by atoms with van der Waals surface area (Å²) < 4.78 is 12.9. The van der Waals surface area contributed by atoms with E-state index >= 15 is 0 Å². The predicted octanol–water partition coefficient (Wildman–Crippen LogP) is 3.45.